The molecular weight excluding hydrogens is 227 g/mol. The Morgan fingerprint density at radius 2 is 1.78 bits per heavy atom. The monoisotopic (exact) mass is 252 g/mol. The smallest absolute Gasteiger partial charge is 0.123 e. The Bertz CT molecular complexity index is 320. The maximum Gasteiger partial charge on any atom is 0.123 e. The molecule has 1 unspecified atom stereocenters. The summed E-state index contributed by atoms with van der Waals surface area (Å²) in [6, 6.07) is 7.24. The summed E-state index contributed by atoms with van der Waals surface area (Å²) >= 11 is 0. The average Bonchev–Trinajstić information content (AvgIpc) is 2.38. The van der Waals surface area contributed by atoms with Crippen LogP contribution in [0.15, 0.2) is 24.3 Å². The molecule has 0 saturated carbocycles. The minimum Gasteiger partial charge on any atom is -0.313 e. The van der Waals surface area contributed by atoms with Crippen LogP contribution in [0.3, 0.4) is 0 Å². The van der Waals surface area contributed by atoms with Crippen LogP contribution in [-0.4, -0.2) is 37.1 Å². The van der Waals surface area contributed by atoms with Gasteiger partial charge in [-0.15, -0.1) is 0 Å². The van der Waals surface area contributed by atoms with Gasteiger partial charge in [0.15, 0.2) is 0 Å². The second kappa shape index (κ2) is 8.22. The summed E-state index contributed by atoms with van der Waals surface area (Å²) in [6.45, 7) is 10.8. The summed E-state index contributed by atoms with van der Waals surface area (Å²) in [5.41, 5.74) is 1.18. The molecule has 0 fully saturated rings. The lowest BCUT2D eigenvalue weighted by Crippen LogP contribution is -2.39. The average molecular weight is 252 g/mol. The van der Waals surface area contributed by atoms with Crippen molar-refractivity contribution in [2.24, 2.45) is 0 Å². The minimum atomic E-state index is -0.165. The lowest BCUT2D eigenvalue weighted by molar-refractivity contribution is 0.272. The number of hydrogen-bond donors (Lipinski definition) is 1. The van der Waals surface area contributed by atoms with Crippen molar-refractivity contribution in [3.8, 4) is 0 Å². The second-order valence-electron chi connectivity index (χ2n) is 4.72. The lowest BCUT2D eigenvalue weighted by Gasteiger charge is -2.23. The number of likely N-dealkylation sites (N-methyl/N-ethyl adjacent to an activating group) is 1. The highest BCUT2D eigenvalue weighted by atomic mass is 19.1. The third kappa shape index (κ3) is 5.61. The summed E-state index contributed by atoms with van der Waals surface area (Å²) in [4.78, 5) is 2.41. The van der Waals surface area contributed by atoms with E-state index in [2.05, 4.69) is 31.0 Å². The first kappa shape index (κ1) is 15.1. The SMILES string of the molecule is CCN(CC)CC(C)NCCc1ccc(F)cc1. The van der Waals surface area contributed by atoms with Gasteiger partial charge >= 0.3 is 0 Å². The van der Waals surface area contributed by atoms with E-state index in [-0.39, 0.29) is 5.82 Å². The van der Waals surface area contributed by atoms with E-state index < -0.39 is 0 Å². The van der Waals surface area contributed by atoms with Gasteiger partial charge in [-0.3, -0.25) is 0 Å². The Morgan fingerprint density at radius 1 is 1.17 bits per heavy atom. The Morgan fingerprint density at radius 3 is 2.33 bits per heavy atom. The predicted octanol–water partition coefficient (Wildman–Crippen LogP) is 2.69. The molecule has 0 bridgehead atoms. The van der Waals surface area contributed by atoms with Gasteiger partial charge in [0.1, 0.15) is 5.82 Å². The van der Waals surface area contributed by atoms with Crippen LogP contribution in [-0.2, 0) is 6.42 Å². The van der Waals surface area contributed by atoms with Crippen LogP contribution in [0.1, 0.15) is 26.3 Å². The quantitative estimate of drug-likeness (QED) is 0.765. The largest absolute Gasteiger partial charge is 0.313 e. The molecule has 1 atom stereocenters. The fraction of sp³-hybridized carbons (Fsp3) is 0.600. The number of hydrogen-bond acceptors (Lipinski definition) is 2. The molecule has 0 saturated heterocycles. The molecule has 2 nitrogen and oxygen atoms in total. The van der Waals surface area contributed by atoms with Crippen LogP contribution >= 0.6 is 0 Å². The maximum absolute atomic E-state index is 12.7. The standard InChI is InChI=1S/C15H25FN2/c1-4-18(5-2)12-13(3)17-11-10-14-6-8-15(16)9-7-14/h6-9,13,17H,4-5,10-12H2,1-3H3. The van der Waals surface area contributed by atoms with Crippen molar-refractivity contribution >= 4 is 0 Å². The third-order valence-electron chi connectivity index (χ3n) is 3.25. The number of halogens is 1. The molecule has 102 valence electrons. The van der Waals surface area contributed by atoms with Gasteiger partial charge in [0.25, 0.3) is 0 Å². The van der Waals surface area contributed by atoms with E-state index in [1.807, 2.05) is 12.1 Å². The zero-order valence-corrected chi connectivity index (χ0v) is 11.7. The predicted molar refractivity (Wildman–Crippen MR) is 75.4 cm³/mol. The van der Waals surface area contributed by atoms with Crippen LogP contribution in [0.5, 0.6) is 0 Å². The van der Waals surface area contributed by atoms with Gasteiger partial charge in [-0.05, 0) is 50.7 Å². The summed E-state index contributed by atoms with van der Waals surface area (Å²) in [5, 5.41) is 3.51. The fourth-order valence-corrected chi connectivity index (χ4v) is 2.05. The Labute approximate surface area is 110 Å². The van der Waals surface area contributed by atoms with Gasteiger partial charge in [0.2, 0.25) is 0 Å². The van der Waals surface area contributed by atoms with Crippen molar-refractivity contribution < 1.29 is 4.39 Å². The molecule has 0 spiro atoms. The molecule has 0 aliphatic rings. The van der Waals surface area contributed by atoms with Crippen LogP contribution < -0.4 is 5.32 Å². The minimum absolute atomic E-state index is 0.165. The Balaban J connectivity index is 2.22. The molecule has 0 aliphatic carbocycles. The van der Waals surface area contributed by atoms with E-state index in [0.717, 1.165) is 32.6 Å². The van der Waals surface area contributed by atoms with Gasteiger partial charge < -0.3 is 10.2 Å². The Kier molecular flexibility index (Phi) is 6.91. The fourth-order valence-electron chi connectivity index (χ4n) is 2.05. The van der Waals surface area contributed by atoms with E-state index in [1.165, 1.54) is 17.7 Å². The van der Waals surface area contributed by atoms with Crippen LogP contribution in [0.25, 0.3) is 0 Å². The van der Waals surface area contributed by atoms with E-state index >= 15 is 0 Å². The summed E-state index contributed by atoms with van der Waals surface area (Å²) in [5.74, 6) is -0.165. The lowest BCUT2D eigenvalue weighted by atomic mass is 10.1. The topological polar surface area (TPSA) is 15.3 Å². The molecule has 0 aromatic heterocycles. The summed E-state index contributed by atoms with van der Waals surface area (Å²) in [7, 11) is 0. The van der Waals surface area contributed by atoms with Gasteiger partial charge in [0.05, 0.1) is 0 Å². The van der Waals surface area contributed by atoms with Crippen LogP contribution in [0.2, 0.25) is 0 Å². The van der Waals surface area contributed by atoms with Gasteiger partial charge in [-0.2, -0.15) is 0 Å². The van der Waals surface area contributed by atoms with Crippen molar-refractivity contribution in [1.82, 2.24) is 10.2 Å². The Hall–Kier alpha value is -0.930. The van der Waals surface area contributed by atoms with Gasteiger partial charge in [0, 0.05) is 12.6 Å². The highest BCUT2D eigenvalue weighted by molar-refractivity contribution is 5.16. The van der Waals surface area contributed by atoms with E-state index in [1.54, 1.807) is 0 Å². The highest BCUT2D eigenvalue weighted by Gasteiger charge is 2.05. The molecule has 0 radical (unpaired) electrons. The van der Waals surface area contributed by atoms with E-state index in [4.69, 9.17) is 0 Å². The molecule has 1 aromatic rings. The highest BCUT2D eigenvalue weighted by Crippen LogP contribution is 2.03. The van der Waals surface area contributed by atoms with E-state index in [9.17, 15) is 4.39 Å². The van der Waals surface area contributed by atoms with Crippen LogP contribution in [0.4, 0.5) is 4.39 Å². The molecule has 1 N–H and O–H groups in total. The second-order valence-corrected chi connectivity index (χ2v) is 4.72. The normalized spacial score (nSPS) is 12.9. The molecule has 0 heterocycles. The number of rotatable bonds is 8. The summed E-state index contributed by atoms with van der Waals surface area (Å²) < 4.78 is 12.7. The molecule has 0 aliphatic heterocycles. The zero-order chi connectivity index (χ0) is 13.4. The van der Waals surface area contributed by atoms with Crippen molar-refractivity contribution in [3.05, 3.63) is 35.6 Å². The van der Waals surface area contributed by atoms with Crippen molar-refractivity contribution in [1.29, 1.82) is 0 Å². The first-order chi connectivity index (χ1) is 8.65. The molecule has 18 heavy (non-hydrogen) atoms. The van der Waals surface area contributed by atoms with Crippen molar-refractivity contribution in [2.75, 3.05) is 26.2 Å². The summed E-state index contributed by atoms with van der Waals surface area (Å²) in [6.07, 6.45) is 0.947. The number of nitrogens with zero attached hydrogens (tertiary/aromatic N) is 1. The molecule has 3 heteroatoms. The van der Waals surface area contributed by atoms with Crippen molar-refractivity contribution in [2.45, 2.75) is 33.2 Å². The van der Waals surface area contributed by atoms with Crippen molar-refractivity contribution in [3.63, 3.8) is 0 Å². The third-order valence-corrected chi connectivity index (χ3v) is 3.25. The number of nitrogens with one attached hydrogen (secondary N) is 1. The first-order valence-corrected chi connectivity index (χ1v) is 6.85. The maximum atomic E-state index is 12.7. The molecule has 1 aromatic carbocycles. The zero-order valence-electron chi connectivity index (χ0n) is 11.7. The number of benzene rings is 1. The first-order valence-electron chi connectivity index (χ1n) is 6.85. The van der Waals surface area contributed by atoms with Gasteiger partial charge in [-0.25, -0.2) is 4.39 Å². The van der Waals surface area contributed by atoms with Crippen LogP contribution in [0, 0.1) is 5.82 Å². The molecular formula is C15H25FN2. The van der Waals surface area contributed by atoms with E-state index in [0.29, 0.717) is 6.04 Å². The molecule has 0 amide bonds. The van der Waals surface area contributed by atoms with Gasteiger partial charge in [-0.1, -0.05) is 26.0 Å². The molecule has 1 rings (SSSR count).